The lowest BCUT2D eigenvalue weighted by molar-refractivity contribution is 0.0982. The summed E-state index contributed by atoms with van der Waals surface area (Å²) in [7, 11) is 1.81. The Labute approximate surface area is 158 Å². The van der Waals surface area contributed by atoms with Crippen LogP contribution in [-0.4, -0.2) is 54.2 Å². The molecule has 1 aromatic heterocycles. The molecule has 1 aliphatic rings. The summed E-state index contributed by atoms with van der Waals surface area (Å²) in [6, 6.07) is 3.94. The zero-order chi connectivity index (χ0) is 19.0. The van der Waals surface area contributed by atoms with Crippen molar-refractivity contribution in [1.29, 1.82) is 0 Å². The number of ether oxygens (including phenoxy) is 1. The minimum absolute atomic E-state index is 0.120. The molecule has 0 aromatic carbocycles. The second-order valence-corrected chi connectivity index (χ2v) is 7.81. The number of hydrogen-bond donors (Lipinski definition) is 2. The molecule has 6 heteroatoms. The van der Waals surface area contributed by atoms with Crippen molar-refractivity contribution in [3.05, 3.63) is 23.9 Å². The molecule has 26 heavy (non-hydrogen) atoms. The van der Waals surface area contributed by atoms with E-state index in [1.807, 2.05) is 32.2 Å². The zero-order valence-corrected chi connectivity index (χ0v) is 17.0. The molecule has 0 amide bonds. The number of likely N-dealkylation sites (tertiary alicyclic amines) is 1. The van der Waals surface area contributed by atoms with Crippen molar-refractivity contribution in [2.24, 2.45) is 4.99 Å². The van der Waals surface area contributed by atoms with E-state index >= 15 is 0 Å². The van der Waals surface area contributed by atoms with Crippen molar-refractivity contribution in [1.82, 2.24) is 20.5 Å². The quantitative estimate of drug-likeness (QED) is 0.578. The van der Waals surface area contributed by atoms with E-state index in [1.54, 1.807) is 7.05 Å². The Balaban J connectivity index is 1.80. The van der Waals surface area contributed by atoms with Crippen molar-refractivity contribution in [2.45, 2.75) is 65.1 Å². The Morgan fingerprint density at radius 1 is 1.23 bits per heavy atom. The molecule has 0 bridgehead atoms. The largest absolute Gasteiger partial charge is 0.475 e. The van der Waals surface area contributed by atoms with Gasteiger partial charge in [0.2, 0.25) is 5.88 Å². The van der Waals surface area contributed by atoms with Crippen molar-refractivity contribution < 1.29 is 4.74 Å². The molecule has 1 saturated heterocycles. The Morgan fingerprint density at radius 2 is 1.96 bits per heavy atom. The summed E-state index contributed by atoms with van der Waals surface area (Å²) in [6.45, 7) is 12.5. The average Bonchev–Trinajstić information content (AvgIpc) is 2.63. The third kappa shape index (κ3) is 6.48. The van der Waals surface area contributed by atoms with Crippen LogP contribution in [0.3, 0.4) is 0 Å². The lowest BCUT2D eigenvalue weighted by atomic mass is 9.98. The molecule has 1 aromatic rings. The van der Waals surface area contributed by atoms with Crippen LogP contribution in [0.4, 0.5) is 0 Å². The highest BCUT2D eigenvalue weighted by Gasteiger charge is 2.27. The number of pyridine rings is 1. The Hall–Kier alpha value is -1.82. The van der Waals surface area contributed by atoms with Gasteiger partial charge >= 0.3 is 0 Å². The van der Waals surface area contributed by atoms with E-state index in [1.165, 1.54) is 32.4 Å². The third-order valence-corrected chi connectivity index (χ3v) is 4.74. The van der Waals surface area contributed by atoms with Gasteiger partial charge in [-0.05, 0) is 59.2 Å². The van der Waals surface area contributed by atoms with Crippen molar-refractivity contribution in [3.8, 4) is 5.88 Å². The molecule has 1 aliphatic heterocycles. The third-order valence-electron chi connectivity index (χ3n) is 4.74. The summed E-state index contributed by atoms with van der Waals surface area (Å²) in [5.74, 6) is 1.48. The normalized spacial score (nSPS) is 16.6. The number of aliphatic imine (C=N–C) groups is 1. The fourth-order valence-electron chi connectivity index (χ4n) is 3.14. The predicted molar refractivity (Wildman–Crippen MR) is 108 cm³/mol. The van der Waals surface area contributed by atoms with Gasteiger partial charge in [0.25, 0.3) is 0 Å². The number of piperidine rings is 1. The first-order valence-electron chi connectivity index (χ1n) is 9.72. The highest BCUT2D eigenvalue weighted by atomic mass is 16.5. The van der Waals surface area contributed by atoms with Crippen molar-refractivity contribution in [3.63, 3.8) is 0 Å². The molecule has 0 saturated carbocycles. The number of nitrogens with zero attached hydrogens (tertiary/aromatic N) is 3. The van der Waals surface area contributed by atoms with Crippen molar-refractivity contribution >= 4 is 5.96 Å². The van der Waals surface area contributed by atoms with Gasteiger partial charge in [-0.25, -0.2) is 4.98 Å². The maximum absolute atomic E-state index is 5.58. The molecule has 2 heterocycles. The van der Waals surface area contributed by atoms with E-state index in [0.29, 0.717) is 12.4 Å². The lowest BCUT2D eigenvalue weighted by Gasteiger charge is -2.41. The number of guanidine groups is 1. The summed E-state index contributed by atoms with van der Waals surface area (Å²) in [4.78, 5) is 11.3. The lowest BCUT2D eigenvalue weighted by Crippen LogP contribution is -2.54. The van der Waals surface area contributed by atoms with Gasteiger partial charge in [0.05, 0.1) is 6.10 Å². The molecular weight excluding hydrogens is 326 g/mol. The van der Waals surface area contributed by atoms with Gasteiger partial charge in [-0.3, -0.25) is 9.89 Å². The fourth-order valence-corrected chi connectivity index (χ4v) is 3.14. The molecule has 146 valence electrons. The summed E-state index contributed by atoms with van der Waals surface area (Å²) in [5.41, 5.74) is 1.22. The molecular formula is C20H35N5O. The van der Waals surface area contributed by atoms with Gasteiger partial charge < -0.3 is 15.4 Å². The average molecular weight is 362 g/mol. The van der Waals surface area contributed by atoms with Crippen LogP contribution in [0.25, 0.3) is 0 Å². The van der Waals surface area contributed by atoms with E-state index in [-0.39, 0.29) is 11.6 Å². The van der Waals surface area contributed by atoms with Gasteiger partial charge in [-0.2, -0.15) is 0 Å². The van der Waals surface area contributed by atoms with E-state index in [9.17, 15) is 0 Å². The fraction of sp³-hybridized carbons (Fsp3) is 0.700. The maximum atomic E-state index is 5.58. The van der Waals surface area contributed by atoms with Crippen LogP contribution in [0.5, 0.6) is 5.88 Å². The first kappa shape index (κ1) is 20.5. The summed E-state index contributed by atoms with van der Waals surface area (Å²) < 4.78 is 5.58. The van der Waals surface area contributed by atoms with Crippen LogP contribution in [0.1, 0.15) is 52.5 Å². The smallest absolute Gasteiger partial charge is 0.213 e. The van der Waals surface area contributed by atoms with Crippen LogP contribution in [0.15, 0.2) is 23.3 Å². The van der Waals surface area contributed by atoms with E-state index < -0.39 is 0 Å². The zero-order valence-electron chi connectivity index (χ0n) is 17.0. The standard InChI is InChI=1S/C20H35N5O/c1-16(2)26-18-10-9-17(13-22-18)14-23-19(21-5)24-15-20(3,4)25-11-7-6-8-12-25/h9-10,13,16H,6-8,11-12,14-15H2,1-5H3,(H2,21,23,24). The molecule has 0 spiro atoms. The van der Waals surface area contributed by atoms with Crippen LogP contribution < -0.4 is 15.4 Å². The first-order valence-corrected chi connectivity index (χ1v) is 9.72. The van der Waals surface area contributed by atoms with E-state index in [0.717, 1.165) is 18.1 Å². The second kappa shape index (κ2) is 9.76. The summed E-state index contributed by atoms with van der Waals surface area (Å²) in [6.07, 6.45) is 5.95. The predicted octanol–water partition coefficient (Wildman–Crippen LogP) is 2.80. The van der Waals surface area contributed by atoms with Crippen LogP contribution in [0, 0.1) is 0 Å². The second-order valence-electron chi connectivity index (χ2n) is 7.81. The Morgan fingerprint density at radius 3 is 2.54 bits per heavy atom. The Kier molecular flexibility index (Phi) is 7.69. The monoisotopic (exact) mass is 361 g/mol. The summed E-state index contributed by atoms with van der Waals surface area (Å²) in [5, 5.41) is 6.83. The van der Waals surface area contributed by atoms with Crippen LogP contribution in [-0.2, 0) is 6.54 Å². The Bertz CT molecular complexity index is 562. The number of nitrogens with one attached hydrogen (secondary N) is 2. The maximum Gasteiger partial charge on any atom is 0.213 e. The van der Waals surface area contributed by atoms with E-state index in [4.69, 9.17) is 4.74 Å². The molecule has 2 rings (SSSR count). The topological polar surface area (TPSA) is 61.8 Å². The SMILES string of the molecule is CN=C(NCc1ccc(OC(C)C)nc1)NCC(C)(C)N1CCCCC1. The van der Waals surface area contributed by atoms with Gasteiger partial charge in [-0.15, -0.1) is 0 Å². The minimum Gasteiger partial charge on any atom is -0.475 e. The molecule has 0 unspecified atom stereocenters. The molecule has 0 radical (unpaired) electrons. The highest BCUT2D eigenvalue weighted by Crippen LogP contribution is 2.19. The van der Waals surface area contributed by atoms with Crippen LogP contribution >= 0.6 is 0 Å². The molecule has 0 atom stereocenters. The molecule has 1 fully saturated rings. The highest BCUT2D eigenvalue weighted by molar-refractivity contribution is 5.79. The van der Waals surface area contributed by atoms with Gasteiger partial charge in [0, 0.05) is 37.9 Å². The number of rotatable bonds is 7. The number of aromatic nitrogens is 1. The molecule has 0 aliphatic carbocycles. The van der Waals surface area contributed by atoms with Crippen molar-refractivity contribution in [2.75, 3.05) is 26.7 Å². The first-order chi connectivity index (χ1) is 12.4. The van der Waals surface area contributed by atoms with E-state index in [2.05, 4.69) is 39.4 Å². The molecule has 6 nitrogen and oxygen atoms in total. The van der Waals surface area contributed by atoms with Gasteiger partial charge in [0.1, 0.15) is 0 Å². The van der Waals surface area contributed by atoms with Gasteiger partial charge in [-0.1, -0.05) is 12.5 Å². The summed E-state index contributed by atoms with van der Waals surface area (Å²) >= 11 is 0. The van der Waals surface area contributed by atoms with Gasteiger partial charge in [0.15, 0.2) is 5.96 Å². The minimum atomic E-state index is 0.120. The number of hydrogen-bond acceptors (Lipinski definition) is 4. The van der Waals surface area contributed by atoms with Crippen LogP contribution in [0.2, 0.25) is 0 Å². The molecule has 2 N–H and O–H groups in total.